The number of benzene rings is 1. The number of alkyl halides is 1. The third-order valence-corrected chi connectivity index (χ3v) is 6.07. The van der Waals surface area contributed by atoms with E-state index in [1.807, 2.05) is 6.07 Å². The summed E-state index contributed by atoms with van der Waals surface area (Å²) in [6.07, 6.45) is 3.30. The van der Waals surface area contributed by atoms with E-state index in [2.05, 4.69) is 20.9 Å². The first-order valence-corrected chi connectivity index (χ1v) is 8.91. The Morgan fingerprint density at radius 2 is 2.05 bits per heavy atom. The number of aromatic nitrogens is 1. The molecule has 1 aromatic heterocycles. The van der Waals surface area contributed by atoms with Crippen LogP contribution in [0.2, 0.25) is 0 Å². The number of nitrogens with zero attached hydrogens (tertiary/aromatic N) is 2. The lowest BCUT2D eigenvalue weighted by Crippen LogP contribution is -2.27. The molecule has 0 aliphatic carbocycles. The summed E-state index contributed by atoms with van der Waals surface area (Å²) in [6, 6.07) is 8.69. The van der Waals surface area contributed by atoms with Crippen molar-refractivity contribution in [3.05, 3.63) is 58.3 Å². The van der Waals surface area contributed by atoms with E-state index in [9.17, 15) is 8.42 Å². The van der Waals surface area contributed by atoms with Gasteiger partial charge < -0.3 is 0 Å². The van der Waals surface area contributed by atoms with Gasteiger partial charge in [-0.2, -0.15) is 4.31 Å². The van der Waals surface area contributed by atoms with Crippen molar-refractivity contribution in [2.45, 2.75) is 17.3 Å². The predicted molar refractivity (Wildman–Crippen MR) is 86.6 cm³/mol. The Hall–Kier alpha value is -0.950. The SMILES string of the molecule is CN(Cc1cccnc1)S(=O)(=O)c1cc(CCl)ccc1Br. The van der Waals surface area contributed by atoms with E-state index in [-0.39, 0.29) is 17.3 Å². The minimum Gasteiger partial charge on any atom is -0.264 e. The van der Waals surface area contributed by atoms with Crippen LogP contribution in [0.4, 0.5) is 0 Å². The zero-order chi connectivity index (χ0) is 15.5. The van der Waals surface area contributed by atoms with Crippen LogP contribution in [0.3, 0.4) is 0 Å². The van der Waals surface area contributed by atoms with Crippen molar-refractivity contribution < 1.29 is 8.42 Å². The lowest BCUT2D eigenvalue weighted by Gasteiger charge is -2.18. The fraction of sp³-hybridized carbons (Fsp3) is 0.214. The van der Waals surface area contributed by atoms with Crippen LogP contribution >= 0.6 is 27.5 Å². The van der Waals surface area contributed by atoms with Crippen LogP contribution in [-0.4, -0.2) is 24.8 Å². The van der Waals surface area contributed by atoms with Crippen molar-refractivity contribution in [2.75, 3.05) is 7.05 Å². The molecule has 0 atom stereocenters. The maximum atomic E-state index is 12.7. The Balaban J connectivity index is 2.33. The number of sulfonamides is 1. The molecular formula is C14H14BrClN2O2S. The van der Waals surface area contributed by atoms with Crippen LogP contribution in [-0.2, 0) is 22.4 Å². The standard InChI is InChI=1S/C14H14BrClN2O2S/c1-18(10-12-3-2-6-17-9-12)21(19,20)14-7-11(8-16)4-5-13(14)15/h2-7,9H,8,10H2,1H3. The molecule has 0 N–H and O–H groups in total. The smallest absolute Gasteiger partial charge is 0.244 e. The van der Waals surface area contributed by atoms with E-state index < -0.39 is 10.0 Å². The largest absolute Gasteiger partial charge is 0.264 e. The van der Waals surface area contributed by atoms with Gasteiger partial charge in [-0.15, -0.1) is 11.6 Å². The van der Waals surface area contributed by atoms with Crippen molar-refractivity contribution in [1.29, 1.82) is 0 Å². The number of pyridine rings is 1. The molecule has 0 spiro atoms. The molecule has 7 heteroatoms. The Labute approximate surface area is 137 Å². The molecule has 0 radical (unpaired) electrons. The van der Waals surface area contributed by atoms with Gasteiger partial charge in [-0.25, -0.2) is 8.42 Å². The first-order chi connectivity index (χ1) is 9.95. The van der Waals surface area contributed by atoms with Crippen molar-refractivity contribution in [2.24, 2.45) is 0 Å². The maximum absolute atomic E-state index is 12.7. The highest BCUT2D eigenvalue weighted by Crippen LogP contribution is 2.27. The van der Waals surface area contributed by atoms with E-state index in [1.165, 1.54) is 4.31 Å². The molecule has 0 amide bonds. The highest BCUT2D eigenvalue weighted by Gasteiger charge is 2.23. The monoisotopic (exact) mass is 388 g/mol. The van der Waals surface area contributed by atoms with E-state index >= 15 is 0 Å². The topological polar surface area (TPSA) is 50.3 Å². The van der Waals surface area contributed by atoms with Gasteiger partial charge in [0.15, 0.2) is 0 Å². The Kier molecular flexibility index (Phi) is 5.37. The zero-order valence-corrected chi connectivity index (χ0v) is 14.5. The molecule has 0 saturated carbocycles. The van der Waals surface area contributed by atoms with E-state index in [0.29, 0.717) is 4.47 Å². The van der Waals surface area contributed by atoms with Crippen LogP contribution in [0.15, 0.2) is 52.1 Å². The molecule has 0 aliphatic rings. The summed E-state index contributed by atoms with van der Waals surface area (Å²) in [6.45, 7) is 0.258. The number of rotatable bonds is 5. The Bertz CT molecular complexity index is 723. The highest BCUT2D eigenvalue weighted by atomic mass is 79.9. The molecule has 0 unspecified atom stereocenters. The summed E-state index contributed by atoms with van der Waals surface area (Å²) in [7, 11) is -2.06. The average molecular weight is 390 g/mol. The number of hydrogen-bond acceptors (Lipinski definition) is 3. The van der Waals surface area contributed by atoms with Crippen LogP contribution in [0, 0.1) is 0 Å². The average Bonchev–Trinajstić information content (AvgIpc) is 2.48. The summed E-state index contributed by atoms with van der Waals surface area (Å²) in [5, 5.41) is 0. The van der Waals surface area contributed by atoms with Gasteiger partial charge in [-0.05, 0) is 45.3 Å². The second kappa shape index (κ2) is 6.87. The highest BCUT2D eigenvalue weighted by molar-refractivity contribution is 9.10. The normalized spacial score (nSPS) is 11.8. The molecule has 1 aromatic carbocycles. The van der Waals surface area contributed by atoms with Crippen LogP contribution < -0.4 is 0 Å². The molecule has 0 bridgehead atoms. The number of halogens is 2. The third kappa shape index (κ3) is 3.83. The van der Waals surface area contributed by atoms with Crippen molar-refractivity contribution in [1.82, 2.24) is 9.29 Å². The Morgan fingerprint density at radius 1 is 1.29 bits per heavy atom. The van der Waals surface area contributed by atoms with E-state index in [0.717, 1.165) is 11.1 Å². The van der Waals surface area contributed by atoms with Gasteiger partial charge >= 0.3 is 0 Å². The molecule has 2 aromatic rings. The second-order valence-electron chi connectivity index (χ2n) is 4.52. The molecule has 2 rings (SSSR count). The molecule has 0 aliphatic heterocycles. The lowest BCUT2D eigenvalue weighted by atomic mass is 10.2. The first kappa shape index (κ1) is 16.4. The third-order valence-electron chi connectivity index (χ3n) is 2.97. The van der Waals surface area contributed by atoms with Gasteiger partial charge in [-0.3, -0.25) is 4.98 Å². The summed E-state index contributed by atoms with van der Waals surface area (Å²) in [5.74, 6) is 0.266. The molecule has 0 saturated heterocycles. The van der Waals surface area contributed by atoms with Crippen LogP contribution in [0.1, 0.15) is 11.1 Å². The molecule has 112 valence electrons. The fourth-order valence-electron chi connectivity index (χ4n) is 1.83. The summed E-state index contributed by atoms with van der Waals surface area (Å²) < 4.78 is 27.1. The summed E-state index contributed by atoms with van der Waals surface area (Å²) in [5.41, 5.74) is 1.58. The minimum absolute atomic E-state index is 0.215. The van der Waals surface area contributed by atoms with Gasteiger partial charge in [0.25, 0.3) is 0 Å². The maximum Gasteiger partial charge on any atom is 0.244 e. The lowest BCUT2D eigenvalue weighted by molar-refractivity contribution is 0.466. The summed E-state index contributed by atoms with van der Waals surface area (Å²) in [4.78, 5) is 4.20. The van der Waals surface area contributed by atoms with Crippen LogP contribution in [0.25, 0.3) is 0 Å². The molecule has 21 heavy (non-hydrogen) atoms. The second-order valence-corrected chi connectivity index (χ2v) is 7.66. The van der Waals surface area contributed by atoms with Crippen molar-refractivity contribution >= 4 is 37.6 Å². The van der Waals surface area contributed by atoms with Gasteiger partial charge in [-0.1, -0.05) is 12.1 Å². The van der Waals surface area contributed by atoms with Gasteiger partial charge in [0, 0.05) is 36.3 Å². The Morgan fingerprint density at radius 3 is 2.67 bits per heavy atom. The van der Waals surface area contributed by atoms with Gasteiger partial charge in [0.05, 0.1) is 4.90 Å². The van der Waals surface area contributed by atoms with Crippen LogP contribution in [0.5, 0.6) is 0 Å². The predicted octanol–water partition coefficient (Wildman–Crippen LogP) is 3.40. The molecule has 4 nitrogen and oxygen atoms in total. The van der Waals surface area contributed by atoms with E-state index in [4.69, 9.17) is 11.6 Å². The molecule has 0 fully saturated rings. The number of hydrogen-bond donors (Lipinski definition) is 0. The van der Waals surface area contributed by atoms with Crippen molar-refractivity contribution in [3.8, 4) is 0 Å². The summed E-state index contributed by atoms with van der Waals surface area (Å²) >= 11 is 9.07. The van der Waals surface area contributed by atoms with E-state index in [1.54, 1.807) is 43.7 Å². The minimum atomic E-state index is -3.60. The van der Waals surface area contributed by atoms with Gasteiger partial charge in [0.2, 0.25) is 10.0 Å². The fourth-order valence-corrected chi connectivity index (χ4v) is 4.13. The van der Waals surface area contributed by atoms with Gasteiger partial charge in [0.1, 0.15) is 0 Å². The molecular weight excluding hydrogens is 376 g/mol. The zero-order valence-electron chi connectivity index (χ0n) is 11.3. The quantitative estimate of drug-likeness (QED) is 0.736. The van der Waals surface area contributed by atoms with Crippen molar-refractivity contribution in [3.63, 3.8) is 0 Å². The first-order valence-electron chi connectivity index (χ1n) is 6.15. The molecule has 1 heterocycles.